The van der Waals surface area contributed by atoms with Crippen LogP contribution < -0.4 is 22.8 Å². The number of fused-ring (bicyclic) bond motifs is 4. The number of phosphoric ester groups is 3. The number of hydrogen-bond acceptors (Lipinski definition) is 27. The number of ether oxygens (including phenoxy) is 3. The van der Waals surface area contributed by atoms with Crippen LogP contribution in [0.1, 0.15) is 18.7 Å². The molecule has 37 heteroatoms. The number of nitrogen functional groups attached to an aromatic ring is 3. The fraction of sp³-hybridized carbons (Fsp3) is 0.500. The number of H-pyrrole nitrogens is 1. The van der Waals surface area contributed by atoms with E-state index < -0.39 is 122 Å². The van der Waals surface area contributed by atoms with Gasteiger partial charge in [-0.05, 0) is 0 Å². The summed E-state index contributed by atoms with van der Waals surface area (Å²) in [4.78, 5) is 79.3. The van der Waals surface area contributed by atoms with Crippen molar-refractivity contribution >= 4 is 74.5 Å². The standard InChI is InChI=1S/C30H36N15O19P3/c31-21-12-23(36-4-34-21)43(6-38-12)27-15(47)17(9(1-46)58-27)61-65(50,51)56-2-10-18(16(48)28(59-10)45-8-40-14-25(45)41-30(33)42-26(14)49)62-66(52,53)57-3-11-19-20(64-67(54,55)63-19)29(60-11)44-7-39-13-22(32)35-5-37-24(13)44/h4-11,15-20,27-29,46-48H,1-3H2,(H,50,51)(H,52,53)(H,54,55)(H2,31,34,36)(H2,32,35,37)(H3,33,41,42,49)/t9-,10-,11-,15-,16-,17-,18-,19-,20-,27-,28-,29-/m1/s1. The van der Waals surface area contributed by atoms with Gasteiger partial charge < -0.3 is 61.4 Å². The van der Waals surface area contributed by atoms with Crippen molar-refractivity contribution in [1.29, 1.82) is 0 Å². The number of aliphatic hydroxyl groups is 3. The number of hydrogen-bond donors (Lipinski definition) is 10. The molecule has 0 radical (unpaired) electrons. The predicted molar refractivity (Wildman–Crippen MR) is 214 cm³/mol. The second-order valence-corrected chi connectivity index (χ2v) is 19.2. The maximum Gasteiger partial charge on any atom is 0.473 e. The monoisotopic (exact) mass is 1000 g/mol. The Morgan fingerprint density at radius 3 is 1.75 bits per heavy atom. The molecule has 4 fully saturated rings. The van der Waals surface area contributed by atoms with E-state index in [4.69, 9.17) is 58.6 Å². The van der Waals surface area contributed by atoms with Gasteiger partial charge in [-0.3, -0.25) is 50.6 Å². The van der Waals surface area contributed by atoms with Gasteiger partial charge in [0.05, 0.1) is 38.8 Å². The van der Waals surface area contributed by atoms with Gasteiger partial charge in [0, 0.05) is 0 Å². The third-order valence-electron chi connectivity index (χ3n) is 11.0. The van der Waals surface area contributed by atoms with Crippen LogP contribution in [0.25, 0.3) is 33.5 Å². The third-order valence-corrected chi connectivity index (χ3v) is 13.9. The Morgan fingerprint density at radius 2 is 1.16 bits per heavy atom. The van der Waals surface area contributed by atoms with Crippen molar-refractivity contribution in [3.05, 3.63) is 42.0 Å². The van der Waals surface area contributed by atoms with Crippen LogP contribution >= 0.6 is 23.5 Å². The lowest BCUT2D eigenvalue weighted by Gasteiger charge is -2.26. The number of rotatable bonds is 14. The van der Waals surface area contributed by atoms with Crippen LogP contribution in [0.4, 0.5) is 17.6 Å². The molecule has 360 valence electrons. The van der Waals surface area contributed by atoms with Crippen molar-refractivity contribution < 1.29 is 85.0 Å². The van der Waals surface area contributed by atoms with E-state index in [1.54, 1.807) is 0 Å². The zero-order valence-corrected chi connectivity index (χ0v) is 36.1. The molecule has 34 nitrogen and oxygen atoms in total. The smallest absolute Gasteiger partial charge is 0.394 e. The second kappa shape index (κ2) is 16.9. The van der Waals surface area contributed by atoms with E-state index in [2.05, 4.69) is 44.9 Å². The minimum absolute atomic E-state index is 0.00512. The minimum Gasteiger partial charge on any atom is -0.394 e. The highest BCUT2D eigenvalue weighted by atomic mass is 31.2. The molecule has 10 heterocycles. The normalized spacial score (nSPS) is 33.8. The molecule has 6 aromatic heterocycles. The van der Waals surface area contributed by atoms with Crippen LogP contribution in [0.15, 0.2) is 36.4 Å². The molecule has 67 heavy (non-hydrogen) atoms. The lowest BCUT2D eigenvalue weighted by Crippen LogP contribution is -2.37. The first-order valence-corrected chi connectivity index (χ1v) is 23.8. The largest absolute Gasteiger partial charge is 0.473 e. The number of nitrogens with one attached hydrogen (secondary N) is 1. The predicted octanol–water partition coefficient (Wildman–Crippen LogP) is -3.16. The number of phosphoric acid groups is 3. The Balaban J connectivity index is 0.874. The van der Waals surface area contributed by atoms with E-state index in [-0.39, 0.29) is 51.1 Å². The Labute approximate surface area is 370 Å². The molecule has 13 N–H and O–H groups in total. The van der Waals surface area contributed by atoms with Crippen molar-refractivity contribution in [1.82, 2.24) is 58.6 Å². The maximum absolute atomic E-state index is 13.7. The van der Waals surface area contributed by atoms with Gasteiger partial charge in [-0.2, -0.15) is 4.98 Å². The number of aromatic amines is 1. The molecule has 0 saturated carbocycles. The molecule has 3 unspecified atom stereocenters. The Morgan fingerprint density at radius 1 is 0.687 bits per heavy atom. The van der Waals surface area contributed by atoms with Crippen LogP contribution in [-0.2, 0) is 55.0 Å². The summed E-state index contributed by atoms with van der Waals surface area (Å²) < 4.78 is 92.8. The second-order valence-electron chi connectivity index (χ2n) is 15.1. The molecule has 10 rings (SSSR count). The minimum atomic E-state index is -5.43. The van der Waals surface area contributed by atoms with Gasteiger partial charge in [0.2, 0.25) is 5.95 Å². The van der Waals surface area contributed by atoms with Gasteiger partial charge >= 0.3 is 23.5 Å². The van der Waals surface area contributed by atoms with E-state index in [1.807, 2.05) is 0 Å². The Hall–Kier alpha value is -5.06. The molecule has 4 aliphatic heterocycles. The average molecular weight is 1000 g/mol. The van der Waals surface area contributed by atoms with Gasteiger partial charge in [0.25, 0.3) is 5.56 Å². The van der Waals surface area contributed by atoms with Gasteiger partial charge in [0.1, 0.15) is 78.6 Å². The zero-order chi connectivity index (χ0) is 47.3. The molecule has 0 amide bonds. The molecular formula is C30H36N15O19P3. The first-order chi connectivity index (χ1) is 31.8. The van der Waals surface area contributed by atoms with Crippen molar-refractivity contribution in [2.24, 2.45) is 0 Å². The maximum atomic E-state index is 13.7. The molecule has 4 aliphatic rings. The third kappa shape index (κ3) is 8.28. The van der Waals surface area contributed by atoms with E-state index in [0.29, 0.717) is 0 Å². The number of aromatic nitrogens is 12. The molecule has 0 aliphatic carbocycles. The first-order valence-electron chi connectivity index (χ1n) is 19.3. The average Bonchev–Trinajstić information content (AvgIpc) is 4.14. The van der Waals surface area contributed by atoms with E-state index in [1.165, 1.54) is 21.8 Å². The number of nitrogens with zero attached hydrogens (tertiary/aromatic N) is 11. The molecule has 15 atom stereocenters. The van der Waals surface area contributed by atoms with Gasteiger partial charge in [0.15, 0.2) is 52.8 Å². The fourth-order valence-corrected chi connectivity index (χ4v) is 11.1. The van der Waals surface area contributed by atoms with Gasteiger partial charge in [-0.1, -0.05) is 0 Å². The molecular weight excluding hydrogens is 967 g/mol. The summed E-state index contributed by atoms with van der Waals surface area (Å²) in [5.41, 5.74) is 16.8. The Bertz CT molecular complexity index is 3080. The van der Waals surface area contributed by atoms with Crippen LogP contribution in [0.3, 0.4) is 0 Å². The van der Waals surface area contributed by atoms with Crippen LogP contribution in [0, 0.1) is 0 Å². The quantitative estimate of drug-likeness (QED) is 0.0482. The number of nitrogens with two attached hydrogens (primary N) is 3. The summed E-state index contributed by atoms with van der Waals surface area (Å²) in [6.45, 7) is -2.80. The molecule has 0 spiro atoms. The van der Waals surface area contributed by atoms with Crippen molar-refractivity contribution in [3.8, 4) is 0 Å². The summed E-state index contributed by atoms with van der Waals surface area (Å²) in [6.07, 6.45) is -13.5. The Kier molecular flexibility index (Phi) is 11.5. The number of anilines is 3. The van der Waals surface area contributed by atoms with Crippen LogP contribution in [0.5, 0.6) is 0 Å². The first kappa shape index (κ1) is 45.7. The summed E-state index contributed by atoms with van der Waals surface area (Å²) in [7, 11) is -15.5. The van der Waals surface area contributed by atoms with E-state index in [0.717, 1.165) is 23.5 Å². The van der Waals surface area contributed by atoms with E-state index in [9.17, 15) is 48.5 Å². The lowest BCUT2D eigenvalue weighted by atomic mass is 10.1. The molecule has 4 saturated heterocycles. The zero-order valence-electron chi connectivity index (χ0n) is 33.4. The van der Waals surface area contributed by atoms with Crippen LogP contribution in [0.2, 0.25) is 0 Å². The van der Waals surface area contributed by atoms with Crippen molar-refractivity contribution in [3.63, 3.8) is 0 Å². The highest BCUT2D eigenvalue weighted by molar-refractivity contribution is 7.48. The van der Waals surface area contributed by atoms with Gasteiger partial charge in [-0.25, -0.2) is 48.6 Å². The molecule has 0 aromatic carbocycles. The number of imidazole rings is 3. The fourth-order valence-electron chi connectivity index (χ4n) is 8.02. The summed E-state index contributed by atoms with van der Waals surface area (Å²) >= 11 is 0. The summed E-state index contributed by atoms with van der Waals surface area (Å²) in [5, 5.41) is 33.0. The lowest BCUT2D eigenvalue weighted by molar-refractivity contribution is -0.0654. The molecule has 6 aromatic rings. The van der Waals surface area contributed by atoms with Crippen molar-refractivity contribution in [2.45, 2.75) is 73.6 Å². The van der Waals surface area contributed by atoms with Crippen LogP contribution in [-0.4, -0.2) is 163 Å². The number of aliphatic hydroxyl groups excluding tert-OH is 3. The highest BCUT2D eigenvalue weighted by Gasteiger charge is 2.59. The summed E-state index contributed by atoms with van der Waals surface area (Å²) in [6, 6.07) is 0. The highest BCUT2D eigenvalue weighted by Crippen LogP contribution is 2.59. The van der Waals surface area contributed by atoms with Gasteiger partial charge in [-0.15, -0.1) is 0 Å². The van der Waals surface area contributed by atoms with Crippen molar-refractivity contribution in [2.75, 3.05) is 37.0 Å². The SMILES string of the molecule is Nc1nc2c(ncn2[C@@H]2O[C@H](COP(=O)(O)O[C@H]3[C@@H](O)[C@H](n4cnc5c(N)ncnc54)O[C@@H]3CO)[C@@H](OP(=O)(O)OC[C@H]3O[C@@H](n4cnc5c(N)ncnc54)[C@@H]4OP(=O)(O)O[C@@H]43)[C@H]2O)c(=O)[nH]1. The topological polar surface area (TPSA) is 484 Å². The molecule has 0 bridgehead atoms. The van der Waals surface area contributed by atoms with E-state index >= 15 is 0 Å². The summed E-state index contributed by atoms with van der Waals surface area (Å²) in [5.74, 6) is -0.348.